The Balaban J connectivity index is 2.08. The molecular weight excluding hydrogens is 241 g/mol. The summed E-state index contributed by atoms with van der Waals surface area (Å²) in [6.45, 7) is 2.24. The third-order valence-electron chi connectivity index (χ3n) is 3.11. The van der Waals surface area contributed by atoms with Gasteiger partial charge in [-0.3, -0.25) is 4.79 Å². The van der Waals surface area contributed by atoms with Crippen molar-refractivity contribution in [1.82, 2.24) is 4.90 Å². The lowest BCUT2D eigenvalue weighted by Gasteiger charge is -2.21. The van der Waals surface area contributed by atoms with Crippen molar-refractivity contribution in [2.45, 2.75) is 32.4 Å². The van der Waals surface area contributed by atoms with Gasteiger partial charge in [0.05, 0.1) is 0 Å². The fourth-order valence-corrected chi connectivity index (χ4v) is 1.93. The van der Waals surface area contributed by atoms with Crippen LogP contribution in [0.2, 0.25) is 0 Å². The lowest BCUT2D eigenvalue weighted by Crippen LogP contribution is -2.31. The van der Waals surface area contributed by atoms with Gasteiger partial charge in [0.15, 0.2) is 0 Å². The monoisotopic (exact) mass is 259 g/mol. The van der Waals surface area contributed by atoms with Crippen molar-refractivity contribution in [3.05, 3.63) is 60.0 Å². The molecule has 1 aromatic rings. The van der Waals surface area contributed by atoms with Crippen LogP contribution < -0.4 is 0 Å². The molecule has 1 aliphatic carbocycles. The largest absolute Gasteiger partial charge is 0.332 e. The molecule has 0 spiro atoms. The summed E-state index contributed by atoms with van der Waals surface area (Å²) in [6.07, 6.45) is 8.96. The number of allylic oxidation sites excluding steroid dienone is 3. The second-order valence-electron chi connectivity index (χ2n) is 4.67. The third-order valence-corrected chi connectivity index (χ3v) is 3.11. The molecule has 100 valence electrons. The molecule has 3 heteroatoms. The van der Waals surface area contributed by atoms with Crippen LogP contribution in [0.15, 0.2) is 48.6 Å². The smallest absolute Gasteiger partial charge is 0.247 e. The van der Waals surface area contributed by atoms with E-state index in [4.69, 9.17) is 0 Å². The molecular formula is C16H18FNO. The molecule has 1 aromatic carbocycles. The van der Waals surface area contributed by atoms with Crippen LogP contribution >= 0.6 is 0 Å². The van der Waals surface area contributed by atoms with Crippen LogP contribution in [-0.4, -0.2) is 16.8 Å². The van der Waals surface area contributed by atoms with Gasteiger partial charge in [0.25, 0.3) is 0 Å². The Kier molecular flexibility index (Phi) is 4.50. The molecule has 0 unspecified atom stereocenters. The molecule has 0 N–H and O–H groups in total. The van der Waals surface area contributed by atoms with Crippen molar-refractivity contribution in [2.24, 2.45) is 0 Å². The van der Waals surface area contributed by atoms with Crippen molar-refractivity contribution >= 4 is 5.91 Å². The molecule has 1 amide bonds. The Labute approximate surface area is 113 Å². The summed E-state index contributed by atoms with van der Waals surface area (Å²) < 4.78 is 13.6. The minimum absolute atomic E-state index is 0.0520. The van der Waals surface area contributed by atoms with Gasteiger partial charge in [0, 0.05) is 24.2 Å². The first-order chi connectivity index (χ1) is 9.22. The van der Waals surface area contributed by atoms with Crippen LogP contribution in [0.25, 0.3) is 0 Å². The first-order valence-electron chi connectivity index (χ1n) is 6.55. The minimum Gasteiger partial charge on any atom is -0.332 e. The second-order valence-corrected chi connectivity index (χ2v) is 4.67. The number of amides is 1. The fourth-order valence-electron chi connectivity index (χ4n) is 1.93. The van der Waals surface area contributed by atoms with E-state index < -0.39 is 0 Å². The van der Waals surface area contributed by atoms with Gasteiger partial charge in [-0.05, 0) is 25.8 Å². The van der Waals surface area contributed by atoms with Crippen LogP contribution in [0, 0.1) is 5.82 Å². The van der Waals surface area contributed by atoms with E-state index in [0.717, 1.165) is 12.8 Å². The number of hydrogen-bond acceptors (Lipinski definition) is 1. The third kappa shape index (κ3) is 3.78. The lowest BCUT2D eigenvalue weighted by atomic mass is 10.2. The van der Waals surface area contributed by atoms with Crippen LogP contribution in [-0.2, 0) is 11.3 Å². The van der Waals surface area contributed by atoms with E-state index >= 15 is 0 Å². The summed E-state index contributed by atoms with van der Waals surface area (Å²) in [5.41, 5.74) is 0.571. The quantitative estimate of drug-likeness (QED) is 0.586. The maximum absolute atomic E-state index is 13.6. The Morgan fingerprint density at radius 3 is 2.74 bits per heavy atom. The number of hydrogen-bond donors (Lipinski definition) is 0. The van der Waals surface area contributed by atoms with Crippen molar-refractivity contribution in [1.29, 1.82) is 0 Å². The SMILES string of the molecule is C/C=C/C=C/C(=O)N(Cc1ccccc1F)C1CC1. The molecule has 0 radical (unpaired) electrons. The zero-order valence-corrected chi connectivity index (χ0v) is 11.1. The average molecular weight is 259 g/mol. The van der Waals surface area contributed by atoms with Crippen molar-refractivity contribution in [3.8, 4) is 0 Å². The zero-order chi connectivity index (χ0) is 13.7. The molecule has 0 atom stereocenters. The highest BCUT2D eigenvalue weighted by atomic mass is 19.1. The Morgan fingerprint density at radius 2 is 2.11 bits per heavy atom. The van der Waals surface area contributed by atoms with Gasteiger partial charge in [0.1, 0.15) is 5.82 Å². The molecule has 19 heavy (non-hydrogen) atoms. The molecule has 0 heterocycles. The first kappa shape index (κ1) is 13.5. The van der Waals surface area contributed by atoms with Crippen molar-refractivity contribution < 1.29 is 9.18 Å². The summed E-state index contributed by atoms with van der Waals surface area (Å²) in [7, 11) is 0. The van der Waals surface area contributed by atoms with E-state index in [1.807, 2.05) is 19.1 Å². The number of halogens is 1. The molecule has 0 aromatic heterocycles. The van der Waals surface area contributed by atoms with E-state index in [1.165, 1.54) is 6.07 Å². The van der Waals surface area contributed by atoms with E-state index in [-0.39, 0.29) is 17.8 Å². The predicted molar refractivity (Wildman–Crippen MR) is 73.9 cm³/mol. The van der Waals surface area contributed by atoms with Gasteiger partial charge in [0.2, 0.25) is 5.91 Å². The van der Waals surface area contributed by atoms with Crippen LogP contribution in [0.3, 0.4) is 0 Å². The summed E-state index contributed by atoms with van der Waals surface area (Å²) >= 11 is 0. The van der Waals surface area contributed by atoms with Crippen molar-refractivity contribution in [2.75, 3.05) is 0 Å². The Hall–Kier alpha value is -1.90. The molecule has 0 bridgehead atoms. The highest BCUT2D eigenvalue weighted by molar-refractivity contribution is 5.88. The first-order valence-corrected chi connectivity index (χ1v) is 6.55. The lowest BCUT2D eigenvalue weighted by molar-refractivity contribution is -0.127. The maximum Gasteiger partial charge on any atom is 0.247 e. The Bertz CT molecular complexity index is 503. The van der Waals surface area contributed by atoms with Crippen LogP contribution in [0.1, 0.15) is 25.3 Å². The van der Waals surface area contributed by atoms with Gasteiger partial charge in [-0.1, -0.05) is 36.4 Å². The standard InChI is InChI=1S/C16H18FNO/c1-2-3-4-9-16(19)18(14-10-11-14)12-13-7-5-6-8-15(13)17/h2-9,14H,10-12H2,1H3/b3-2+,9-4+. The molecule has 0 aliphatic heterocycles. The van der Waals surface area contributed by atoms with Gasteiger partial charge in [-0.15, -0.1) is 0 Å². The normalized spacial score (nSPS) is 15.3. The van der Waals surface area contributed by atoms with E-state index in [9.17, 15) is 9.18 Å². The molecule has 1 aliphatic rings. The summed E-state index contributed by atoms with van der Waals surface area (Å²) in [5.74, 6) is -0.303. The molecule has 0 saturated heterocycles. The predicted octanol–water partition coefficient (Wildman–Crippen LogP) is 3.45. The molecule has 1 fully saturated rings. The summed E-state index contributed by atoms with van der Waals surface area (Å²) in [6, 6.07) is 6.88. The molecule has 2 rings (SSSR count). The molecule has 2 nitrogen and oxygen atoms in total. The minimum atomic E-state index is -0.251. The average Bonchev–Trinajstić information content (AvgIpc) is 3.22. The van der Waals surface area contributed by atoms with Gasteiger partial charge in [-0.2, -0.15) is 0 Å². The van der Waals surface area contributed by atoms with Gasteiger partial charge in [-0.25, -0.2) is 4.39 Å². The second kappa shape index (κ2) is 6.32. The number of carbonyl (C=O) groups is 1. The molecule has 1 saturated carbocycles. The van der Waals surface area contributed by atoms with Gasteiger partial charge < -0.3 is 4.90 Å². The van der Waals surface area contributed by atoms with Crippen molar-refractivity contribution in [3.63, 3.8) is 0 Å². The van der Waals surface area contributed by atoms with E-state index in [2.05, 4.69) is 0 Å². The number of benzene rings is 1. The zero-order valence-electron chi connectivity index (χ0n) is 11.1. The number of carbonyl (C=O) groups excluding carboxylic acids is 1. The van der Waals surface area contributed by atoms with E-state index in [1.54, 1.807) is 35.3 Å². The highest BCUT2D eigenvalue weighted by Gasteiger charge is 2.31. The van der Waals surface area contributed by atoms with E-state index in [0.29, 0.717) is 12.1 Å². The van der Waals surface area contributed by atoms with Gasteiger partial charge >= 0.3 is 0 Å². The number of rotatable bonds is 5. The maximum atomic E-state index is 13.6. The van der Waals surface area contributed by atoms with Crippen LogP contribution in [0.4, 0.5) is 4.39 Å². The fraction of sp³-hybridized carbons (Fsp3) is 0.312. The highest BCUT2D eigenvalue weighted by Crippen LogP contribution is 2.29. The topological polar surface area (TPSA) is 20.3 Å². The summed E-state index contributed by atoms with van der Waals surface area (Å²) in [5, 5.41) is 0. The number of nitrogens with zero attached hydrogens (tertiary/aromatic N) is 1. The summed E-state index contributed by atoms with van der Waals surface area (Å²) in [4.78, 5) is 13.8. The Morgan fingerprint density at radius 1 is 1.37 bits per heavy atom. The van der Waals surface area contributed by atoms with Crippen LogP contribution in [0.5, 0.6) is 0 Å².